The lowest BCUT2D eigenvalue weighted by atomic mass is 9.67. The van der Waals surface area contributed by atoms with Gasteiger partial charge in [-0.25, -0.2) is 0 Å². The van der Waals surface area contributed by atoms with Gasteiger partial charge in [-0.1, -0.05) is 151 Å². The Kier molecular flexibility index (Phi) is 6.17. The molecule has 2 heteroatoms. The van der Waals surface area contributed by atoms with Crippen LogP contribution in [0.25, 0.3) is 60.9 Å². The molecule has 2 heterocycles. The van der Waals surface area contributed by atoms with E-state index in [1.54, 1.807) is 0 Å². The fourth-order valence-electron chi connectivity index (χ4n) is 8.93. The summed E-state index contributed by atoms with van der Waals surface area (Å²) >= 11 is 1.89. The maximum absolute atomic E-state index is 2.53. The third kappa shape index (κ3) is 4.06. The van der Waals surface area contributed by atoms with Crippen molar-refractivity contribution in [2.75, 3.05) is 0 Å². The Balaban J connectivity index is 1.27. The summed E-state index contributed by atoms with van der Waals surface area (Å²) in [6.07, 6.45) is 0. The first-order valence-electron chi connectivity index (χ1n) is 17.6. The minimum Gasteiger partial charge on any atom is -0.309 e. The molecule has 0 atom stereocenters. The molecule has 1 aromatic heterocycles. The van der Waals surface area contributed by atoms with Crippen LogP contribution >= 0.6 is 11.8 Å². The average Bonchev–Trinajstić information content (AvgIpc) is 3.68. The van der Waals surface area contributed by atoms with Crippen molar-refractivity contribution in [2.45, 2.75) is 15.2 Å². The molecule has 0 saturated carbocycles. The third-order valence-corrected chi connectivity index (χ3v) is 12.2. The van der Waals surface area contributed by atoms with Gasteiger partial charge in [0.2, 0.25) is 0 Å². The standard InChI is InChI=1S/C49H31NS/c1-3-15-32(16-4-1)34-27-35(33-17-5-2-6-18-33)29-36(28-34)50-45-24-12-8-20-38(45)40-30-39-37-19-7-9-21-41(37)49(44(39)31-46(40)50)42-22-10-13-25-47(42)51-48-26-14-11-23-43(48)49/h1-31H. The van der Waals surface area contributed by atoms with Crippen molar-refractivity contribution in [2.24, 2.45) is 0 Å². The molecule has 1 aliphatic heterocycles. The van der Waals surface area contributed by atoms with Crippen LogP contribution in [-0.2, 0) is 5.41 Å². The second-order valence-electron chi connectivity index (χ2n) is 13.7. The van der Waals surface area contributed by atoms with E-state index in [9.17, 15) is 0 Å². The molecular formula is C49H31NS. The highest BCUT2D eigenvalue weighted by Gasteiger charge is 2.50. The van der Waals surface area contributed by atoms with Crippen LogP contribution < -0.4 is 0 Å². The summed E-state index contributed by atoms with van der Waals surface area (Å²) in [6.45, 7) is 0. The average molecular weight is 666 g/mol. The Labute approximate surface area is 301 Å². The van der Waals surface area contributed by atoms with Gasteiger partial charge in [0.15, 0.2) is 0 Å². The maximum Gasteiger partial charge on any atom is 0.0736 e. The molecule has 51 heavy (non-hydrogen) atoms. The van der Waals surface area contributed by atoms with Gasteiger partial charge in [0.1, 0.15) is 0 Å². The highest BCUT2D eigenvalue weighted by molar-refractivity contribution is 7.99. The monoisotopic (exact) mass is 665 g/mol. The lowest BCUT2D eigenvalue weighted by Crippen LogP contribution is -2.31. The molecule has 0 fully saturated rings. The van der Waals surface area contributed by atoms with E-state index in [1.807, 2.05) is 11.8 Å². The van der Waals surface area contributed by atoms with Crippen molar-refractivity contribution < 1.29 is 0 Å². The van der Waals surface area contributed by atoms with Gasteiger partial charge in [-0.2, -0.15) is 0 Å². The second kappa shape index (κ2) is 11.0. The maximum atomic E-state index is 2.53. The summed E-state index contributed by atoms with van der Waals surface area (Å²) < 4.78 is 2.51. The fourth-order valence-corrected chi connectivity index (χ4v) is 10.1. The molecule has 1 spiro atoms. The Morgan fingerprint density at radius 3 is 1.57 bits per heavy atom. The summed E-state index contributed by atoms with van der Waals surface area (Å²) in [6, 6.07) is 69.8. The van der Waals surface area contributed by atoms with Crippen LogP contribution in [0, 0.1) is 0 Å². The van der Waals surface area contributed by atoms with Gasteiger partial charge in [-0.15, -0.1) is 0 Å². The van der Waals surface area contributed by atoms with Crippen LogP contribution in [0.4, 0.5) is 0 Å². The van der Waals surface area contributed by atoms with E-state index in [2.05, 4.69) is 193 Å². The molecule has 9 aromatic rings. The fraction of sp³-hybridized carbons (Fsp3) is 0.0204. The molecule has 0 unspecified atom stereocenters. The van der Waals surface area contributed by atoms with Crippen LogP contribution in [-0.4, -0.2) is 4.57 Å². The largest absolute Gasteiger partial charge is 0.309 e. The van der Waals surface area contributed by atoms with Crippen molar-refractivity contribution in [3.05, 3.63) is 210 Å². The van der Waals surface area contributed by atoms with Gasteiger partial charge in [-0.3, -0.25) is 0 Å². The molecule has 0 bridgehead atoms. The highest BCUT2D eigenvalue weighted by Crippen LogP contribution is 2.62. The van der Waals surface area contributed by atoms with Crippen LogP contribution in [0.3, 0.4) is 0 Å². The van der Waals surface area contributed by atoms with E-state index in [0.29, 0.717) is 0 Å². The summed E-state index contributed by atoms with van der Waals surface area (Å²) in [5.41, 5.74) is 16.1. The summed E-state index contributed by atoms with van der Waals surface area (Å²) in [5, 5.41) is 2.54. The third-order valence-electron chi connectivity index (χ3n) is 11.0. The van der Waals surface area contributed by atoms with Gasteiger partial charge in [0.05, 0.1) is 16.4 Å². The predicted molar refractivity (Wildman–Crippen MR) is 213 cm³/mol. The highest BCUT2D eigenvalue weighted by atomic mass is 32.2. The van der Waals surface area contributed by atoms with Gasteiger partial charge >= 0.3 is 0 Å². The molecular weight excluding hydrogens is 635 g/mol. The lowest BCUT2D eigenvalue weighted by Gasteiger charge is -2.39. The van der Waals surface area contributed by atoms with Crippen LogP contribution in [0.2, 0.25) is 0 Å². The van der Waals surface area contributed by atoms with Gasteiger partial charge in [-0.05, 0) is 104 Å². The van der Waals surface area contributed by atoms with E-state index in [4.69, 9.17) is 0 Å². The zero-order valence-electron chi connectivity index (χ0n) is 27.8. The number of benzene rings is 8. The van der Waals surface area contributed by atoms with Gasteiger partial charge < -0.3 is 4.57 Å². The first-order chi connectivity index (χ1) is 25.3. The first kappa shape index (κ1) is 28.7. The van der Waals surface area contributed by atoms with Crippen molar-refractivity contribution in [1.82, 2.24) is 4.57 Å². The molecule has 2 aliphatic rings. The minimum atomic E-state index is -0.430. The van der Waals surface area contributed by atoms with E-state index in [-0.39, 0.29) is 0 Å². The Morgan fingerprint density at radius 2 is 0.902 bits per heavy atom. The minimum absolute atomic E-state index is 0.430. The first-order valence-corrected chi connectivity index (χ1v) is 18.4. The quantitative estimate of drug-likeness (QED) is 0.182. The van der Waals surface area contributed by atoms with Gasteiger partial charge in [0.25, 0.3) is 0 Å². The number of aromatic nitrogens is 1. The van der Waals surface area contributed by atoms with Crippen molar-refractivity contribution in [3.8, 4) is 39.1 Å². The molecule has 8 aromatic carbocycles. The van der Waals surface area contributed by atoms with Crippen molar-refractivity contribution in [1.29, 1.82) is 0 Å². The summed E-state index contributed by atoms with van der Waals surface area (Å²) in [7, 11) is 0. The van der Waals surface area contributed by atoms with Crippen molar-refractivity contribution >= 4 is 33.6 Å². The molecule has 1 nitrogen and oxygen atoms in total. The number of rotatable bonds is 3. The van der Waals surface area contributed by atoms with Crippen molar-refractivity contribution in [3.63, 3.8) is 0 Å². The Morgan fingerprint density at radius 1 is 0.353 bits per heavy atom. The lowest BCUT2D eigenvalue weighted by molar-refractivity contribution is 0.723. The number of hydrogen-bond donors (Lipinski definition) is 0. The number of para-hydroxylation sites is 1. The molecule has 0 saturated heterocycles. The molecule has 0 radical (unpaired) electrons. The smallest absolute Gasteiger partial charge is 0.0736 e. The summed E-state index contributed by atoms with van der Waals surface area (Å²) in [4.78, 5) is 2.64. The zero-order chi connectivity index (χ0) is 33.5. The number of nitrogens with zero attached hydrogens (tertiary/aromatic N) is 1. The Hall–Kier alpha value is -6.09. The second-order valence-corrected chi connectivity index (χ2v) is 14.7. The van der Waals surface area contributed by atoms with E-state index in [1.165, 1.54) is 87.2 Å². The van der Waals surface area contributed by atoms with E-state index < -0.39 is 5.41 Å². The normalized spacial score (nSPS) is 13.6. The zero-order valence-corrected chi connectivity index (χ0v) is 28.6. The molecule has 0 amide bonds. The molecule has 0 N–H and O–H groups in total. The van der Waals surface area contributed by atoms with E-state index in [0.717, 1.165) is 5.69 Å². The van der Waals surface area contributed by atoms with Crippen LogP contribution in [0.5, 0.6) is 0 Å². The van der Waals surface area contributed by atoms with Crippen LogP contribution in [0.1, 0.15) is 22.3 Å². The SMILES string of the molecule is c1ccc(-c2cc(-c3ccccc3)cc(-n3c4ccccc4c4cc5c(cc43)C3(c4ccccc4Sc4ccccc43)c3ccccc3-5)c2)cc1. The van der Waals surface area contributed by atoms with Gasteiger partial charge in [0, 0.05) is 26.3 Å². The predicted octanol–water partition coefficient (Wildman–Crippen LogP) is 12.9. The molecule has 238 valence electrons. The number of fused-ring (bicyclic) bond motifs is 12. The molecule has 1 aliphatic carbocycles. The summed E-state index contributed by atoms with van der Waals surface area (Å²) in [5.74, 6) is 0. The van der Waals surface area contributed by atoms with Crippen LogP contribution in [0.15, 0.2) is 198 Å². The molecule has 11 rings (SSSR count). The topological polar surface area (TPSA) is 4.93 Å². The Bertz CT molecular complexity index is 2720. The van der Waals surface area contributed by atoms with E-state index >= 15 is 0 Å². The number of hydrogen-bond acceptors (Lipinski definition) is 1.